The molecule has 2 N–H and O–H groups in total. The summed E-state index contributed by atoms with van der Waals surface area (Å²) >= 11 is 0. The van der Waals surface area contributed by atoms with Gasteiger partial charge in [0.2, 0.25) is 0 Å². The Morgan fingerprint density at radius 2 is 2.15 bits per heavy atom. The fourth-order valence-electron chi connectivity index (χ4n) is 2.78. The molecule has 1 aromatic rings. The molecule has 0 unspecified atom stereocenters. The minimum absolute atomic E-state index is 0.0173. The minimum atomic E-state index is -0.371. The van der Waals surface area contributed by atoms with Crippen molar-refractivity contribution in [3.05, 3.63) is 23.4 Å². The van der Waals surface area contributed by atoms with Gasteiger partial charge in [-0.1, -0.05) is 12.8 Å². The first-order valence-electron chi connectivity index (χ1n) is 7.01. The van der Waals surface area contributed by atoms with Crippen LogP contribution < -0.4 is 5.32 Å². The molecule has 2 rings (SSSR count). The lowest BCUT2D eigenvalue weighted by molar-refractivity contribution is 0.0599. The van der Waals surface area contributed by atoms with Crippen molar-refractivity contribution in [3.63, 3.8) is 0 Å². The molecule has 20 heavy (non-hydrogen) atoms. The third-order valence-electron chi connectivity index (χ3n) is 4.14. The SMILES string of the molecule is COC(=O)c1ccc(NCC2(CO)CCCC2)nc1C. The van der Waals surface area contributed by atoms with E-state index in [4.69, 9.17) is 4.74 Å². The first kappa shape index (κ1) is 14.8. The molecule has 0 aliphatic heterocycles. The number of esters is 1. The number of aromatic nitrogens is 1. The van der Waals surface area contributed by atoms with Gasteiger partial charge in [0.1, 0.15) is 5.82 Å². The van der Waals surface area contributed by atoms with Crippen LogP contribution in [-0.2, 0) is 4.74 Å². The molecule has 5 nitrogen and oxygen atoms in total. The zero-order valence-electron chi connectivity index (χ0n) is 12.1. The van der Waals surface area contributed by atoms with E-state index in [9.17, 15) is 9.90 Å². The van der Waals surface area contributed by atoms with E-state index in [0.29, 0.717) is 17.8 Å². The first-order valence-corrected chi connectivity index (χ1v) is 7.01. The van der Waals surface area contributed by atoms with Gasteiger partial charge < -0.3 is 15.2 Å². The topological polar surface area (TPSA) is 71.5 Å². The zero-order valence-corrected chi connectivity index (χ0v) is 12.1. The van der Waals surface area contributed by atoms with Gasteiger partial charge in [-0.25, -0.2) is 9.78 Å². The van der Waals surface area contributed by atoms with Crippen LogP contribution in [0.5, 0.6) is 0 Å². The lowest BCUT2D eigenvalue weighted by Gasteiger charge is -2.27. The Hall–Kier alpha value is -1.62. The molecule has 5 heteroatoms. The third kappa shape index (κ3) is 3.10. The van der Waals surface area contributed by atoms with Gasteiger partial charge in [-0.2, -0.15) is 0 Å². The van der Waals surface area contributed by atoms with Crippen LogP contribution >= 0.6 is 0 Å². The number of aliphatic hydroxyl groups is 1. The maximum absolute atomic E-state index is 11.5. The Bertz CT molecular complexity index is 482. The fraction of sp³-hybridized carbons (Fsp3) is 0.600. The summed E-state index contributed by atoms with van der Waals surface area (Å²) in [6.07, 6.45) is 4.46. The summed E-state index contributed by atoms with van der Waals surface area (Å²) < 4.78 is 4.70. The highest BCUT2D eigenvalue weighted by atomic mass is 16.5. The van der Waals surface area contributed by atoms with Crippen LogP contribution in [0.2, 0.25) is 0 Å². The lowest BCUT2D eigenvalue weighted by Crippen LogP contribution is -2.30. The Kier molecular flexibility index (Phi) is 4.60. The van der Waals surface area contributed by atoms with Crippen LogP contribution in [0.1, 0.15) is 41.7 Å². The molecule has 1 aliphatic rings. The molecule has 1 aliphatic carbocycles. The second kappa shape index (κ2) is 6.22. The van der Waals surface area contributed by atoms with E-state index >= 15 is 0 Å². The summed E-state index contributed by atoms with van der Waals surface area (Å²) in [4.78, 5) is 15.9. The molecule has 0 bridgehead atoms. The number of hydrogen-bond acceptors (Lipinski definition) is 5. The average molecular weight is 278 g/mol. The van der Waals surface area contributed by atoms with Gasteiger partial charge in [-0.05, 0) is 31.9 Å². The quantitative estimate of drug-likeness (QED) is 0.807. The van der Waals surface area contributed by atoms with Crippen molar-refractivity contribution in [2.45, 2.75) is 32.6 Å². The number of methoxy groups -OCH3 is 1. The minimum Gasteiger partial charge on any atom is -0.465 e. The van der Waals surface area contributed by atoms with Gasteiger partial charge in [-0.15, -0.1) is 0 Å². The van der Waals surface area contributed by atoms with Crippen LogP contribution in [0.25, 0.3) is 0 Å². The predicted molar refractivity (Wildman–Crippen MR) is 76.8 cm³/mol. The summed E-state index contributed by atoms with van der Waals surface area (Å²) in [6.45, 7) is 2.71. The molecule has 0 radical (unpaired) electrons. The van der Waals surface area contributed by atoms with Crippen LogP contribution in [0.15, 0.2) is 12.1 Å². The van der Waals surface area contributed by atoms with Gasteiger partial charge >= 0.3 is 5.97 Å². The van der Waals surface area contributed by atoms with Gasteiger partial charge in [0, 0.05) is 12.0 Å². The molecule has 1 saturated carbocycles. The van der Waals surface area contributed by atoms with E-state index in [1.165, 1.54) is 20.0 Å². The summed E-state index contributed by atoms with van der Waals surface area (Å²) in [5.41, 5.74) is 1.11. The molecule has 110 valence electrons. The molecule has 1 heterocycles. The Morgan fingerprint density at radius 3 is 2.70 bits per heavy atom. The fourth-order valence-corrected chi connectivity index (χ4v) is 2.78. The molecule has 0 atom stereocenters. The molecule has 0 aromatic carbocycles. The maximum Gasteiger partial charge on any atom is 0.339 e. The largest absolute Gasteiger partial charge is 0.465 e. The van der Waals surface area contributed by atoms with Gasteiger partial charge in [0.25, 0.3) is 0 Å². The molecular formula is C15H22N2O3. The number of ether oxygens (including phenoxy) is 1. The monoisotopic (exact) mass is 278 g/mol. The number of carbonyl (C=O) groups is 1. The van der Waals surface area contributed by atoms with E-state index in [2.05, 4.69) is 10.3 Å². The average Bonchev–Trinajstić information content (AvgIpc) is 2.94. The number of anilines is 1. The zero-order chi connectivity index (χ0) is 14.6. The molecule has 1 fully saturated rings. The van der Waals surface area contributed by atoms with E-state index in [1.807, 2.05) is 0 Å². The van der Waals surface area contributed by atoms with Crippen LogP contribution in [0, 0.1) is 12.3 Å². The normalized spacial score (nSPS) is 16.9. The number of rotatable bonds is 5. The smallest absolute Gasteiger partial charge is 0.339 e. The molecule has 0 spiro atoms. The van der Waals surface area contributed by atoms with Crippen LogP contribution in [0.3, 0.4) is 0 Å². The summed E-state index contributed by atoms with van der Waals surface area (Å²) in [5, 5.41) is 12.9. The van der Waals surface area contributed by atoms with Crippen molar-refractivity contribution >= 4 is 11.8 Å². The van der Waals surface area contributed by atoms with Crippen molar-refractivity contribution in [2.75, 3.05) is 25.6 Å². The highest BCUT2D eigenvalue weighted by molar-refractivity contribution is 5.90. The number of hydrogen-bond donors (Lipinski definition) is 2. The third-order valence-corrected chi connectivity index (χ3v) is 4.14. The molecular weight excluding hydrogens is 256 g/mol. The molecule has 1 aromatic heterocycles. The number of nitrogens with zero attached hydrogens (tertiary/aromatic N) is 1. The maximum atomic E-state index is 11.5. The van der Waals surface area contributed by atoms with Crippen LogP contribution in [-0.4, -0.2) is 36.3 Å². The number of aryl methyl sites for hydroxylation is 1. The Labute approximate surface area is 119 Å². The summed E-state index contributed by atoms with van der Waals surface area (Å²) in [6, 6.07) is 3.50. The van der Waals surface area contributed by atoms with Crippen molar-refractivity contribution in [1.82, 2.24) is 4.98 Å². The summed E-state index contributed by atoms with van der Waals surface area (Å²) in [5.74, 6) is 0.360. The number of nitrogens with one attached hydrogen (secondary N) is 1. The van der Waals surface area contributed by atoms with E-state index in [0.717, 1.165) is 18.7 Å². The Morgan fingerprint density at radius 1 is 1.45 bits per heavy atom. The Balaban J connectivity index is 2.03. The first-order chi connectivity index (χ1) is 9.60. The highest BCUT2D eigenvalue weighted by Crippen LogP contribution is 2.37. The molecule has 0 saturated heterocycles. The second-order valence-corrected chi connectivity index (χ2v) is 5.54. The number of pyridine rings is 1. The lowest BCUT2D eigenvalue weighted by atomic mass is 9.87. The predicted octanol–water partition coefficient (Wildman–Crippen LogP) is 2.14. The highest BCUT2D eigenvalue weighted by Gasteiger charge is 2.33. The van der Waals surface area contributed by atoms with Crippen molar-refractivity contribution in [2.24, 2.45) is 5.41 Å². The van der Waals surface area contributed by atoms with Crippen LogP contribution in [0.4, 0.5) is 5.82 Å². The van der Waals surface area contributed by atoms with Crippen molar-refractivity contribution in [3.8, 4) is 0 Å². The van der Waals surface area contributed by atoms with Crippen molar-refractivity contribution in [1.29, 1.82) is 0 Å². The summed E-state index contributed by atoms with van der Waals surface area (Å²) in [7, 11) is 1.36. The van der Waals surface area contributed by atoms with E-state index < -0.39 is 0 Å². The number of carbonyl (C=O) groups excluding carboxylic acids is 1. The van der Waals surface area contributed by atoms with Gasteiger partial charge in [0.05, 0.1) is 25.0 Å². The number of aliphatic hydroxyl groups excluding tert-OH is 1. The van der Waals surface area contributed by atoms with E-state index in [-0.39, 0.29) is 18.0 Å². The van der Waals surface area contributed by atoms with Crippen molar-refractivity contribution < 1.29 is 14.6 Å². The second-order valence-electron chi connectivity index (χ2n) is 5.54. The van der Waals surface area contributed by atoms with Gasteiger partial charge in [0.15, 0.2) is 0 Å². The molecule has 0 amide bonds. The van der Waals surface area contributed by atoms with E-state index in [1.54, 1.807) is 19.1 Å². The standard InChI is InChI=1S/C15H22N2O3/c1-11-12(14(19)20-2)5-6-13(17-11)16-9-15(10-18)7-3-4-8-15/h5-6,18H,3-4,7-10H2,1-2H3,(H,16,17). The van der Waals surface area contributed by atoms with Gasteiger partial charge in [-0.3, -0.25) is 0 Å².